The van der Waals surface area contributed by atoms with E-state index in [1.165, 1.54) is 7.11 Å². The fourth-order valence-electron chi connectivity index (χ4n) is 2.74. The number of rotatable bonds is 7. The lowest BCUT2D eigenvalue weighted by atomic mass is 10.1. The maximum Gasteiger partial charge on any atom is 0.239 e. The van der Waals surface area contributed by atoms with E-state index in [1.807, 2.05) is 18.2 Å². The van der Waals surface area contributed by atoms with E-state index in [2.05, 4.69) is 16.3 Å². The van der Waals surface area contributed by atoms with Gasteiger partial charge in [0.05, 0.1) is 19.4 Å². The van der Waals surface area contributed by atoms with Crippen LogP contribution in [0.3, 0.4) is 0 Å². The summed E-state index contributed by atoms with van der Waals surface area (Å²) in [5.41, 5.74) is 6.81. The fraction of sp³-hybridized carbons (Fsp3) is 0.562. The molecule has 122 valence electrons. The highest BCUT2D eigenvalue weighted by Crippen LogP contribution is 2.31. The normalized spacial score (nSPS) is 19.0. The molecule has 1 aromatic carbocycles. The molecule has 0 aliphatic carbocycles. The average Bonchev–Trinajstić information content (AvgIpc) is 3.01. The zero-order valence-corrected chi connectivity index (χ0v) is 13.2. The lowest BCUT2D eigenvalue weighted by molar-refractivity contribution is -0.123. The topological polar surface area (TPSA) is 76.8 Å². The molecule has 0 spiro atoms. The summed E-state index contributed by atoms with van der Waals surface area (Å²) in [6.07, 6.45) is 1.04. The SMILES string of the molecule is COCC(N)C(=O)NCC1CCN(c2ccccc2OC)C1. The molecule has 0 radical (unpaired) electrons. The van der Waals surface area contributed by atoms with Gasteiger partial charge in [0.25, 0.3) is 0 Å². The van der Waals surface area contributed by atoms with E-state index in [0.29, 0.717) is 12.5 Å². The molecule has 1 aliphatic rings. The molecule has 0 aromatic heterocycles. The molecule has 2 atom stereocenters. The first-order valence-corrected chi connectivity index (χ1v) is 7.56. The number of hydrogen-bond donors (Lipinski definition) is 2. The number of carbonyl (C=O) groups excluding carboxylic acids is 1. The number of anilines is 1. The van der Waals surface area contributed by atoms with E-state index >= 15 is 0 Å². The molecular weight excluding hydrogens is 282 g/mol. The van der Waals surface area contributed by atoms with Crippen molar-refractivity contribution < 1.29 is 14.3 Å². The standard InChI is InChI=1S/C16H25N3O3/c1-21-11-13(17)16(20)18-9-12-7-8-19(10-12)14-5-3-4-6-15(14)22-2/h3-6,12-13H,7-11,17H2,1-2H3,(H,18,20). The van der Waals surface area contributed by atoms with Gasteiger partial charge >= 0.3 is 0 Å². The number of para-hydroxylation sites is 2. The molecule has 1 amide bonds. The number of carbonyl (C=O) groups is 1. The van der Waals surface area contributed by atoms with Crippen molar-refractivity contribution in [3.63, 3.8) is 0 Å². The zero-order chi connectivity index (χ0) is 15.9. The van der Waals surface area contributed by atoms with Gasteiger partial charge in [-0.1, -0.05) is 12.1 Å². The smallest absolute Gasteiger partial charge is 0.239 e. The van der Waals surface area contributed by atoms with Gasteiger partial charge < -0.3 is 25.4 Å². The largest absolute Gasteiger partial charge is 0.495 e. The van der Waals surface area contributed by atoms with Crippen LogP contribution in [0, 0.1) is 5.92 Å². The number of hydrogen-bond acceptors (Lipinski definition) is 5. The maximum atomic E-state index is 11.8. The Morgan fingerprint density at radius 1 is 1.45 bits per heavy atom. The molecule has 3 N–H and O–H groups in total. The Hall–Kier alpha value is -1.79. The van der Waals surface area contributed by atoms with Crippen LogP contribution >= 0.6 is 0 Å². The molecule has 1 saturated heterocycles. The molecule has 1 aliphatic heterocycles. The van der Waals surface area contributed by atoms with E-state index < -0.39 is 6.04 Å². The first-order valence-electron chi connectivity index (χ1n) is 7.56. The van der Waals surface area contributed by atoms with Crippen LogP contribution in [0.4, 0.5) is 5.69 Å². The molecule has 6 nitrogen and oxygen atoms in total. The summed E-state index contributed by atoms with van der Waals surface area (Å²) < 4.78 is 10.3. The number of nitrogens with zero attached hydrogens (tertiary/aromatic N) is 1. The van der Waals surface area contributed by atoms with Gasteiger partial charge in [-0.3, -0.25) is 4.79 Å². The van der Waals surface area contributed by atoms with Crippen molar-refractivity contribution in [3.05, 3.63) is 24.3 Å². The van der Waals surface area contributed by atoms with Crippen LogP contribution in [0.1, 0.15) is 6.42 Å². The first-order chi connectivity index (χ1) is 10.7. The van der Waals surface area contributed by atoms with Crippen LogP contribution < -0.4 is 20.7 Å². The minimum atomic E-state index is -0.600. The number of nitrogens with two attached hydrogens (primary N) is 1. The highest BCUT2D eigenvalue weighted by atomic mass is 16.5. The van der Waals surface area contributed by atoms with Crippen molar-refractivity contribution >= 4 is 11.6 Å². The second-order valence-electron chi connectivity index (χ2n) is 5.58. The molecule has 1 fully saturated rings. The summed E-state index contributed by atoms with van der Waals surface area (Å²) in [4.78, 5) is 14.1. The zero-order valence-electron chi connectivity index (χ0n) is 13.2. The predicted octanol–water partition coefficient (Wildman–Crippen LogP) is 0.611. The molecule has 2 unspecified atom stereocenters. The van der Waals surface area contributed by atoms with Gasteiger partial charge in [0, 0.05) is 26.7 Å². The molecule has 6 heteroatoms. The Balaban J connectivity index is 1.84. The van der Waals surface area contributed by atoms with Crippen molar-refractivity contribution in [1.82, 2.24) is 5.32 Å². The Labute approximate surface area is 131 Å². The van der Waals surface area contributed by atoms with E-state index in [0.717, 1.165) is 30.9 Å². The summed E-state index contributed by atoms with van der Waals surface area (Å²) >= 11 is 0. The lowest BCUT2D eigenvalue weighted by Gasteiger charge is -2.21. The monoisotopic (exact) mass is 307 g/mol. The van der Waals surface area contributed by atoms with Crippen molar-refractivity contribution in [2.75, 3.05) is 45.4 Å². The van der Waals surface area contributed by atoms with Crippen LogP contribution in [0.15, 0.2) is 24.3 Å². The first kappa shape index (κ1) is 16.6. The highest BCUT2D eigenvalue weighted by Gasteiger charge is 2.25. The molecule has 0 bridgehead atoms. The van der Waals surface area contributed by atoms with Crippen molar-refractivity contribution in [1.29, 1.82) is 0 Å². The predicted molar refractivity (Wildman–Crippen MR) is 86.2 cm³/mol. The van der Waals surface area contributed by atoms with Crippen LogP contribution in [0.2, 0.25) is 0 Å². The summed E-state index contributed by atoms with van der Waals surface area (Å²) in [5.74, 6) is 1.15. The number of methoxy groups -OCH3 is 2. The number of amides is 1. The average molecular weight is 307 g/mol. The number of benzene rings is 1. The van der Waals surface area contributed by atoms with Crippen molar-refractivity contribution in [3.8, 4) is 5.75 Å². The van der Waals surface area contributed by atoms with Crippen LogP contribution in [-0.4, -0.2) is 52.4 Å². The number of ether oxygens (including phenoxy) is 2. The van der Waals surface area contributed by atoms with Gasteiger partial charge in [-0.05, 0) is 24.5 Å². The Morgan fingerprint density at radius 3 is 2.95 bits per heavy atom. The molecule has 1 heterocycles. The summed E-state index contributed by atoms with van der Waals surface area (Å²) in [6, 6.07) is 7.41. The van der Waals surface area contributed by atoms with E-state index in [9.17, 15) is 4.79 Å². The van der Waals surface area contributed by atoms with Crippen LogP contribution in [0.5, 0.6) is 5.75 Å². The van der Waals surface area contributed by atoms with Gasteiger partial charge in [-0.2, -0.15) is 0 Å². The van der Waals surface area contributed by atoms with Crippen molar-refractivity contribution in [2.24, 2.45) is 11.7 Å². The third kappa shape index (κ3) is 4.11. The summed E-state index contributed by atoms with van der Waals surface area (Å²) in [5, 5.41) is 2.91. The molecule has 2 rings (SSSR count). The van der Waals surface area contributed by atoms with E-state index in [4.69, 9.17) is 15.2 Å². The van der Waals surface area contributed by atoms with Gasteiger partial charge in [0.2, 0.25) is 5.91 Å². The van der Waals surface area contributed by atoms with Crippen LogP contribution in [0.25, 0.3) is 0 Å². The quantitative estimate of drug-likeness (QED) is 0.772. The van der Waals surface area contributed by atoms with Gasteiger partial charge in [-0.15, -0.1) is 0 Å². The maximum absolute atomic E-state index is 11.8. The summed E-state index contributed by atoms with van der Waals surface area (Å²) in [7, 11) is 3.22. The van der Waals surface area contributed by atoms with Crippen molar-refractivity contribution in [2.45, 2.75) is 12.5 Å². The number of nitrogens with one attached hydrogen (secondary N) is 1. The third-order valence-corrected chi connectivity index (χ3v) is 3.96. The molecule has 1 aromatic rings. The second kappa shape index (κ2) is 8.00. The highest BCUT2D eigenvalue weighted by molar-refractivity contribution is 5.81. The molecule has 22 heavy (non-hydrogen) atoms. The minimum absolute atomic E-state index is 0.155. The minimum Gasteiger partial charge on any atom is -0.495 e. The Morgan fingerprint density at radius 2 is 2.23 bits per heavy atom. The summed E-state index contributed by atoms with van der Waals surface area (Å²) in [6.45, 7) is 2.75. The molecule has 0 saturated carbocycles. The van der Waals surface area contributed by atoms with E-state index in [-0.39, 0.29) is 12.5 Å². The Kier molecular flexibility index (Phi) is 6.03. The van der Waals surface area contributed by atoms with Gasteiger partial charge in [0.1, 0.15) is 11.8 Å². The second-order valence-corrected chi connectivity index (χ2v) is 5.58. The fourth-order valence-corrected chi connectivity index (χ4v) is 2.74. The Bertz CT molecular complexity index is 495. The van der Waals surface area contributed by atoms with Gasteiger partial charge in [0.15, 0.2) is 0 Å². The van der Waals surface area contributed by atoms with E-state index in [1.54, 1.807) is 7.11 Å². The van der Waals surface area contributed by atoms with Gasteiger partial charge in [-0.25, -0.2) is 0 Å². The third-order valence-electron chi connectivity index (χ3n) is 3.96. The molecular formula is C16H25N3O3. The van der Waals surface area contributed by atoms with Crippen LogP contribution in [-0.2, 0) is 9.53 Å². The lowest BCUT2D eigenvalue weighted by Crippen LogP contribution is -2.45.